The molecule has 0 saturated carbocycles. The summed E-state index contributed by atoms with van der Waals surface area (Å²) in [5.41, 5.74) is 0.776. The number of thiophene rings is 1. The minimum Gasteiger partial charge on any atom is -0.494 e. The van der Waals surface area contributed by atoms with Gasteiger partial charge >= 0.3 is 5.69 Å². The lowest BCUT2D eigenvalue weighted by Gasteiger charge is -2.30. The number of amides is 1. The number of ether oxygens (including phenoxy) is 1. The number of hydrogen-bond acceptors (Lipinski definition) is 5. The summed E-state index contributed by atoms with van der Waals surface area (Å²) < 4.78 is 8.25. The first-order valence-electron chi connectivity index (χ1n) is 11.8. The Kier molecular flexibility index (Phi) is 5.86. The summed E-state index contributed by atoms with van der Waals surface area (Å²) in [5.74, 6) is 1.24. The number of fused-ring (bicyclic) bond motifs is 3. The lowest BCUT2D eigenvalue weighted by molar-refractivity contribution is -0.133. The first-order valence-corrected chi connectivity index (χ1v) is 12.6. The van der Waals surface area contributed by atoms with Gasteiger partial charge < -0.3 is 9.64 Å². The second-order valence-electron chi connectivity index (χ2n) is 9.04. The van der Waals surface area contributed by atoms with Gasteiger partial charge in [0.2, 0.25) is 5.91 Å². The molecule has 1 saturated heterocycles. The van der Waals surface area contributed by atoms with Crippen LogP contribution in [-0.2, 0) is 24.2 Å². The Morgan fingerprint density at radius 2 is 1.85 bits per heavy atom. The third-order valence-corrected chi connectivity index (χ3v) is 8.14. The van der Waals surface area contributed by atoms with Crippen molar-refractivity contribution < 1.29 is 9.53 Å². The van der Waals surface area contributed by atoms with Crippen LogP contribution in [0.5, 0.6) is 5.75 Å². The SMILES string of the molecule is CCOc1ccc(-n2c(=O)c3c4c(sc3n(CC(=O)N3CCC(C)CC3)c2=O)CCC4)cc1. The molecule has 1 aliphatic heterocycles. The number of aromatic nitrogens is 2. The summed E-state index contributed by atoms with van der Waals surface area (Å²) in [7, 11) is 0. The molecule has 2 aromatic heterocycles. The molecule has 8 heteroatoms. The summed E-state index contributed by atoms with van der Waals surface area (Å²) >= 11 is 1.50. The van der Waals surface area contributed by atoms with Crippen molar-refractivity contribution in [3.63, 3.8) is 0 Å². The van der Waals surface area contributed by atoms with Crippen LogP contribution in [0.2, 0.25) is 0 Å². The van der Waals surface area contributed by atoms with Crippen molar-refractivity contribution in [2.75, 3.05) is 19.7 Å². The maximum atomic E-state index is 13.6. The van der Waals surface area contributed by atoms with Gasteiger partial charge in [-0.05, 0) is 74.8 Å². The van der Waals surface area contributed by atoms with Crippen LogP contribution in [0.25, 0.3) is 15.9 Å². The Morgan fingerprint density at radius 3 is 2.55 bits per heavy atom. The van der Waals surface area contributed by atoms with E-state index in [1.165, 1.54) is 25.3 Å². The van der Waals surface area contributed by atoms with Gasteiger partial charge in [0.15, 0.2) is 0 Å². The molecule has 5 rings (SSSR count). The summed E-state index contributed by atoms with van der Waals surface area (Å²) in [6.07, 6.45) is 4.74. The average molecular weight is 468 g/mol. The number of carbonyl (C=O) groups excluding carboxylic acids is 1. The Bertz CT molecular complexity index is 1310. The van der Waals surface area contributed by atoms with Crippen LogP contribution in [-0.4, -0.2) is 39.6 Å². The van der Waals surface area contributed by atoms with E-state index in [0.29, 0.717) is 34.2 Å². The fraction of sp³-hybridized carbons (Fsp3) is 0.480. The number of nitrogens with zero attached hydrogens (tertiary/aromatic N) is 3. The molecule has 3 aromatic rings. The van der Waals surface area contributed by atoms with Gasteiger partial charge in [-0.25, -0.2) is 9.36 Å². The molecular formula is C25H29N3O4S. The third-order valence-electron chi connectivity index (χ3n) is 6.82. The molecule has 0 unspecified atom stereocenters. The van der Waals surface area contributed by atoms with Crippen molar-refractivity contribution in [2.24, 2.45) is 5.92 Å². The zero-order chi connectivity index (χ0) is 23.1. The van der Waals surface area contributed by atoms with Gasteiger partial charge in [-0.2, -0.15) is 0 Å². The molecule has 0 bridgehead atoms. The van der Waals surface area contributed by atoms with Crippen LogP contribution in [0.1, 0.15) is 43.6 Å². The number of aryl methyl sites for hydroxylation is 2. The summed E-state index contributed by atoms with van der Waals surface area (Å²) in [4.78, 5) is 44.0. The van der Waals surface area contributed by atoms with Gasteiger partial charge in [0.05, 0.1) is 17.7 Å². The van der Waals surface area contributed by atoms with Gasteiger partial charge in [-0.3, -0.25) is 14.2 Å². The highest BCUT2D eigenvalue weighted by Crippen LogP contribution is 2.35. The molecule has 0 N–H and O–H groups in total. The minimum absolute atomic E-state index is 0.0413. The van der Waals surface area contributed by atoms with Crippen LogP contribution < -0.4 is 16.0 Å². The lowest BCUT2D eigenvalue weighted by Crippen LogP contribution is -2.44. The highest BCUT2D eigenvalue weighted by Gasteiger charge is 2.27. The molecule has 2 aliphatic rings. The van der Waals surface area contributed by atoms with Crippen LogP contribution in [0.4, 0.5) is 0 Å². The second-order valence-corrected chi connectivity index (χ2v) is 10.1. The average Bonchev–Trinajstić information content (AvgIpc) is 3.40. The molecule has 0 atom stereocenters. The first-order chi connectivity index (χ1) is 16.0. The molecule has 1 aliphatic carbocycles. The standard InChI is InChI=1S/C25H29N3O4S/c1-3-32-18-9-7-17(8-10-18)28-23(30)22-19-5-4-6-20(19)33-24(22)27(25(28)31)15-21(29)26-13-11-16(2)12-14-26/h7-10,16H,3-6,11-15H2,1-2H3. The number of rotatable bonds is 5. The van der Waals surface area contributed by atoms with Crippen molar-refractivity contribution in [2.45, 2.75) is 52.5 Å². The van der Waals surface area contributed by atoms with Crippen molar-refractivity contribution in [3.8, 4) is 11.4 Å². The van der Waals surface area contributed by atoms with E-state index in [4.69, 9.17) is 4.74 Å². The smallest absolute Gasteiger partial charge is 0.337 e. The Balaban J connectivity index is 1.63. The largest absolute Gasteiger partial charge is 0.494 e. The van der Waals surface area contributed by atoms with E-state index in [-0.39, 0.29) is 18.0 Å². The molecule has 0 radical (unpaired) electrons. The number of piperidine rings is 1. The van der Waals surface area contributed by atoms with Crippen molar-refractivity contribution in [1.82, 2.24) is 14.0 Å². The van der Waals surface area contributed by atoms with E-state index >= 15 is 0 Å². The molecule has 33 heavy (non-hydrogen) atoms. The molecule has 7 nitrogen and oxygen atoms in total. The van der Waals surface area contributed by atoms with Gasteiger partial charge in [-0.1, -0.05) is 6.92 Å². The molecule has 3 heterocycles. The van der Waals surface area contributed by atoms with Crippen LogP contribution in [0.3, 0.4) is 0 Å². The molecule has 1 amide bonds. The number of carbonyl (C=O) groups is 1. The van der Waals surface area contributed by atoms with E-state index in [0.717, 1.165) is 50.8 Å². The topological polar surface area (TPSA) is 73.5 Å². The fourth-order valence-corrected chi connectivity index (χ4v) is 6.30. The van der Waals surface area contributed by atoms with Gasteiger partial charge in [-0.15, -0.1) is 11.3 Å². The predicted molar refractivity (Wildman–Crippen MR) is 130 cm³/mol. The Labute approximate surface area is 196 Å². The predicted octanol–water partition coefficient (Wildman–Crippen LogP) is 3.36. The van der Waals surface area contributed by atoms with E-state index in [1.54, 1.807) is 24.3 Å². The molecule has 0 spiro atoms. The number of hydrogen-bond donors (Lipinski definition) is 0. The zero-order valence-corrected chi connectivity index (χ0v) is 20.0. The maximum absolute atomic E-state index is 13.6. The normalized spacial score (nSPS) is 16.4. The lowest BCUT2D eigenvalue weighted by atomic mass is 9.99. The molecular weight excluding hydrogens is 438 g/mol. The quantitative estimate of drug-likeness (QED) is 0.577. The number of benzene rings is 1. The van der Waals surface area contributed by atoms with E-state index in [2.05, 4.69) is 6.92 Å². The van der Waals surface area contributed by atoms with E-state index in [9.17, 15) is 14.4 Å². The second kappa shape index (κ2) is 8.82. The Morgan fingerprint density at radius 1 is 1.12 bits per heavy atom. The van der Waals surface area contributed by atoms with Crippen LogP contribution >= 0.6 is 11.3 Å². The highest BCUT2D eigenvalue weighted by atomic mass is 32.1. The third kappa shape index (κ3) is 3.90. The molecule has 174 valence electrons. The van der Waals surface area contributed by atoms with Crippen LogP contribution in [0.15, 0.2) is 33.9 Å². The van der Waals surface area contributed by atoms with Gasteiger partial charge in [0.1, 0.15) is 17.1 Å². The van der Waals surface area contributed by atoms with Crippen molar-refractivity contribution in [3.05, 3.63) is 55.5 Å². The highest BCUT2D eigenvalue weighted by molar-refractivity contribution is 7.19. The monoisotopic (exact) mass is 467 g/mol. The fourth-order valence-electron chi connectivity index (χ4n) is 4.93. The molecule has 1 aromatic carbocycles. The van der Waals surface area contributed by atoms with Crippen molar-refractivity contribution >= 4 is 27.5 Å². The molecule has 1 fully saturated rings. The maximum Gasteiger partial charge on any atom is 0.337 e. The van der Waals surface area contributed by atoms with E-state index < -0.39 is 5.69 Å². The zero-order valence-electron chi connectivity index (χ0n) is 19.1. The Hall–Kier alpha value is -2.87. The van der Waals surface area contributed by atoms with Gasteiger partial charge in [0.25, 0.3) is 5.56 Å². The minimum atomic E-state index is -0.463. The van der Waals surface area contributed by atoms with Crippen molar-refractivity contribution in [1.29, 1.82) is 0 Å². The summed E-state index contributed by atoms with van der Waals surface area (Å²) in [5, 5.41) is 0.598. The summed E-state index contributed by atoms with van der Waals surface area (Å²) in [6, 6.07) is 6.98. The summed E-state index contributed by atoms with van der Waals surface area (Å²) in [6.45, 7) is 6.05. The van der Waals surface area contributed by atoms with E-state index in [1.807, 2.05) is 11.8 Å². The first kappa shape index (κ1) is 21.9. The number of likely N-dealkylation sites (tertiary alicyclic amines) is 1. The van der Waals surface area contributed by atoms with Crippen LogP contribution in [0, 0.1) is 5.92 Å². The van der Waals surface area contributed by atoms with Gasteiger partial charge in [0, 0.05) is 18.0 Å².